The first-order valence-electron chi connectivity index (χ1n) is 5.15. The highest BCUT2D eigenvalue weighted by Gasteiger charge is 2.11. The summed E-state index contributed by atoms with van der Waals surface area (Å²) in [7, 11) is 0. The van der Waals surface area contributed by atoms with Crippen molar-refractivity contribution in [3.05, 3.63) is 20.8 Å². The largest absolute Gasteiger partial charge is 0.392 e. The van der Waals surface area contributed by atoms with Crippen molar-refractivity contribution in [3.63, 3.8) is 0 Å². The highest BCUT2D eigenvalue weighted by Crippen LogP contribution is 2.25. The van der Waals surface area contributed by atoms with Crippen LogP contribution in [0.15, 0.2) is 15.9 Å². The Bertz CT molecular complexity index is 288. The molecular formula is C11H17BrOS2. The normalized spacial score (nSPS) is 15.2. The van der Waals surface area contributed by atoms with E-state index in [0.717, 1.165) is 16.6 Å². The van der Waals surface area contributed by atoms with E-state index in [9.17, 15) is 5.11 Å². The van der Waals surface area contributed by atoms with Crippen LogP contribution in [0.4, 0.5) is 0 Å². The predicted octanol–water partition coefficient (Wildman–Crippen LogP) is 3.95. The molecule has 15 heavy (non-hydrogen) atoms. The Hall–Kier alpha value is 0.490. The first-order chi connectivity index (χ1) is 7.13. The Balaban J connectivity index is 2.30. The summed E-state index contributed by atoms with van der Waals surface area (Å²) < 4.78 is 1.13. The van der Waals surface area contributed by atoms with Gasteiger partial charge in [0.25, 0.3) is 0 Å². The molecule has 0 aliphatic heterocycles. The molecule has 1 heterocycles. The summed E-state index contributed by atoms with van der Waals surface area (Å²) in [5.74, 6) is 0.833. The molecule has 0 aliphatic carbocycles. The number of aliphatic hydroxyl groups is 1. The van der Waals surface area contributed by atoms with Crippen LogP contribution in [0, 0.1) is 0 Å². The van der Waals surface area contributed by atoms with Crippen molar-refractivity contribution in [1.29, 1.82) is 0 Å². The molecule has 0 radical (unpaired) electrons. The summed E-state index contributed by atoms with van der Waals surface area (Å²) in [6.45, 7) is 4.39. The van der Waals surface area contributed by atoms with Gasteiger partial charge in [0, 0.05) is 26.8 Å². The van der Waals surface area contributed by atoms with Crippen molar-refractivity contribution in [2.45, 2.75) is 38.0 Å². The zero-order chi connectivity index (χ0) is 11.3. The fourth-order valence-electron chi connectivity index (χ4n) is 1.14. The molecule has 1 aromatic rings. The third kappa shape index (κ3) is 4.89. The molecule has 2 atom stereocenters. The summed E-state index contributed by atoms with van der Waals surface area (Å²) in [4.78, 5) is 1.24. The van der Waals surface area contributed by atoms with E-state index in [1.807, 2.05) is 23.2 Å². The SMILES string of the molecule is CCC(C)SCC(O)Cc1sccc1Br. The molecular weight excluding hydrogens is 292 g/mol. The molecule has 2 unspecified atom stereocenters. The zero-order valence-electron chi connectivity index (χ0n) is 9.07. The van der Waals surface area contributed by atoms with Crippen molar-refractivity contribution in [1.82, 2.24) is 0 Å². The number of thiophene rings is 1. The van der Waals surface area contributed by atoms with Crippen LogP contribution >= 0.6 is 39.0 Å². The second kappa shape index (κ2) is 6.94. The van der Waals surface area contributed by atoms with E-state index >= 15 is 0 Å². The van der Waals surface area contributed by atoms with Crippen molar-refractivity contribution in [2.24, 2.45) is 0 Å². The molecule has 1 nitrogen and oxygen atoms in total. The van der Waals surface area contributed by atoms with Crippen LogP contribution in [-0.2, 0) is 6.42 Å². The van der Waals surface area contributed by atoms with E-state index in [4.69, 9.17) is 0 Å². The van der Waals surface area contributed by atoms with Crippen molar-refractivity contribution >= 4 is 39.0 Å². The van der Waals surface area contributed by atoms with Crippen LogP contribution in [0.3, 0.4) is 0 Å². The average molecular weight is 309 g/mol. The monoisotopic (exact) mass is 308 g/mol. The first-order valence-corrected chi connectivity index (χ1v) is 7.87. The van der Waals surface area contributed by atoms with Crippen LogP contribution in [0.5, 0.6) is 0 Å². The molecule has 0 spiro atoms. The van der Waals surface area contributed by atoms with Crippen molar-refractivity contribution < 1.29 is 5.11 Å². The highest BCUT2D eigenvalue weighted by molar-refractivity contribution is 9.10. The van der Waals surface area contributed by atoms with E-state index in [1.54, 1.807) is 11.3 Å². The first kappa shape index (κ1) is 13.6. The van der Waals surface area contributed by atoms with Crippen LogP contribution in [0.1, 0.15) is 25.1 Å². The Morgan fingerprint density at radius 2 is 2.33 bits per heavy atom. The van der Waals surface area contributed by atoms with E-state index in [2.05, 4.69) is 29.8 Å². The summed E-state index contributed by atoms with van der Waals surface area (Å²) in [5, 5.41) is 12.5. The van der Waals surface area contributed by atoms with Gasteiger partial charge in [0.1, 0.15) is 0 Å². The molecule has 0 fully saturated rings. The lowest BCUT2D eigenvalue weighted by atomic mass is 10.2. The summed E-state index contributed by atoms with van der Waals surface area (Å²) in [5.41, 5.74) is 0. The smallest absolute Gasteiger partial charge is 0.0679 e. The maximum absolute atomic E-state index is 9.85. The van der Waals surface area contributed by atoms with Crippen LogP contribution in [0.2, 0.25) is 0 Å². The van der Waals surface area contributed by atoms with Gasteiger partial charge in [0.05, 0.1) is 6.10 Å². The maximum Gasteiger partial charge on any atom is 0.0679 e. The predicted molar refractivity (Wildman–Crippen MR) is 73.9 cm³/mol. The van der Waals surface area contributed by atoms with E-state index in [0.29, 0.717) is 5.25 Å². The van der Waals surface area contributed by atoms with Gasteiger partial charge < -0.3 is 5.11 Å². The molecule has 0 bridgehead atoms. The third-order valence-electron chi connectivity index (χ3n) is 2.26. The molecule has 4 heteroatoms. The van der Waals surface area contributed by atoms with Gasteiger partial charge >= 0.3 is 0 Å². The maximum atomic E-state index is 9.85. The van der Waals surface area contributed by atoms with Crippen LogP contribution in [-0.4, -0.2) is 22.2 Å². The quantitative estimate of drug-likeness (QED) is 0.859. The Kier molecular flexibility index (Phi) is 6.27. The number of thioether (sulfide) groups is 1. The van der Waals surface area contributed by atoms with E-state index < -0.39 is 0 Å². The van der Waals surface area contributed by atoms with Gasteiger partial charge in [0.2, 0.25) is 0 Å². The molecule has 1 rings (SSSR count). The van der Waals surface area contributed by atoms with Gasteiger partial charge in [-0.15, -0.1) is 11.3 Å². The van der Waals surface area contributed by atoms with E-state index in [-0.39, 0.29) is 6.10 Å². The molecule has 1 aromatic heterocycles. The standard InChI is InChI=1S/C11H17BrOS2/c1-3-8(2)15-7-9(13)6-11-10(12)4-5-14-11/h4-5,8-9,13H,3,6-7H2,1-2H3. The molecule has 0 aromatic carbocycles. The summed E-state index contributed by atoms with van der Waals surface area (Å²) >= 11 is 7.03. The molecule has 0 amide bonds. The van der Waals surface area contributed by atoms with Crippen molar-refractivity contribution in [2.75, 3.05) is 5.75 Å². The molecule has 1 N–H and O–H groups in total. The lowest BCUT2D eigenvalue weighted by Crippen LogP contribution is -2.14. The Labute approximate surface area is 108 Å². The summed E-state index contributed by atoms with van der Waals surface area (Å²) in [6, 6.07) is 2.04. The minimum Gasteiger partial charge on any atom is -0.392 e. The number of hydrogen-bond donors (Lipinski definition) is 1. The lowest BCUT2D eigenvalue weighted by Gasteiger charge is -2.12. The molecule has 0 saturated carbocycles. The van der Waals surface area contributed by atoms with Gasteiger partial charge in [-0.1, -0.05) is 13.8 Å². The number of aliphatic hydroxyl groups excluding tert-OH is 1. The number of halogens is 1. The highest BCUT2D eigenvalue weighted by atomic mass is 79.9. The third-order valence-corrected chi connectivity index (χ3v) is 5.69. The topological polar surface area (TPSA) is 20.2 Å². The van der Waals surface area contributed by atoms with Gasteiger partial charge in [-0.2, -0.15) is 11.8 Å². The fraction of sp³-hybridized carbons (Fsp3) is 0.636. The zero-order valence-corrected chi connectivity index (χ0v) is 12.3. The minimum absolute atomic E-state index is 0.223. The van der Waals surface area contributed by atoms with E-state index in [1.165, 1.54) is 11.3 Å². The van der Waals surface area contributed by atoms with Gasteiger partial charge in [0.15, 0.2) is 0 Å². The van der Waals surface area contributed by atoms with Crippen LogP contribution < -0.4 is 0 Å². The number of rotatable bonds is 6. The molecule has 86 valence electrons. The minimum atomic E-state index is -0.223. The van der Waals surface area contributed by atoms with Gasteiger partial charge in [-0.3, -0.25) is 0 Å². The van der Waals surface area contributed by atoms with Crippen LogP contribution in [0.25, 0.3) is 0 Å². The molecule has 0 saturated heterocycles. The second-order valence-electron chi connectivity index (χ2n) is 3.60. The molecule has 0 aliphatic rings. The summed E-state index contributed by atoms with van der Waals surface area (Å²) in [6.07, 6.45) is 1.71. The fourth-order valence-corrected chi connectivity index (χ4v) is 3.63. The lowest BCUT2D eigenvalue weighted by molar-refractivity contribution is 0.201. The second-order valence-corrected chi connectivity index (χ2v) is 6.93. The Morgan fingerprint density at radius 1 is 1.60 bits per heavy atom. The van der Waals surface area contributed by atoms with Crippen molar-refractivity contribution in [3.8, 4) is 0 Å². The van der Waals surface area contributed by atoms with Gasteiger partial charge in [-0.05, 0) is 33.8 Å². The number of hydrogen-bond acceptors (Lipinski definition) is 3. The Morgan fingerprint density at radius 3 is 2.87 bits per heavy atom. The average Bonchev–Trinajstić information content (AvgIpc) is 2.61. The van der Waals surface area contributed by atoms with Gasteiger partial charge in [-0.25, -0.2) is 0 Å².